The maximum Gasteiger partial charge on any atom is 0.267 e. The van der Waals surface area contributed by atoms with Crippen LogP contribution in [-0.4, -0.2) is 25.5 Å². The normalized spacial score (nSPS) is 16.8. The van der Waals surface area contributed by atoms with E-state index in [1.54, 1.807) is 12.3 Å². The van der Waals surface area contributed by atoms with Gasteiger partial charge in [-0.1, -0.05) is 31.2 Å². The van der Waals surface area contributed by atoms with Gasteiger partial charge < -0.3 is 0 Å². The summed E-state index contributed by atoms with van der Waals surface area (Å²) in [5.41, 5.74) is 2.45. The molecule has 4 rings (SSSR count). The number of Topliss-reactive ketones (excluding diaryl/α,β-unsaturated/α-hetero) is 1. The first-order valence-electron chi connectivity index (χ1n) is 9.58. The lowest BCUT2D eigenvalue weighted by Gasteiger charge is -2.18. The molecule has 1 aliphatic rings. The Kier molecular flexibility index (Phi) is 5.10. The van der Waals surface area contributed by atoms with E-state index < -0.39 is 0 Å². The van der Waals surface area contributed by atoms with E-state index in [2.05, 4.69) is 28.1 Å². The number of fused-ring (bicyclic) bond motifs is 1. The zero-order valence-corrected chi connectivity index (χ0v) is 15.8. The lowest BCUT2D eigenvalue weighted by Crippen LogP contribution is -2.28. The van der Waals surface area contributed by atoms with Crippen LogP contribution in [0.25, 0.3) is 16.5 Å². The first-order valence-corrected chi connectivity index (χ1v) is 9.58. The predicted octanol–water partition coefficient (Wildman–Crippen LogP) is 3.20. The second-order valence-corrected chi connectivity index (χ2v) is 7.38. The van der Waals surface area contributed by atoms with Crippen molar-refractivity contribution in [1.82, 2.24) is 19.7 Å². The quantitative estimate of drug-likeness (QED) is 0.685. The van der Waals surface area contributed by atoms with Crippen LogP contribution in [0.15, 0.2) is 53.5 Å². The van der Waals surface area contributed by atoms with E-state index in [4.69, 9.17) is 0 Å². The van der Waals surface area contributed by atoms with Crippen LogP contribution in [0.4, 0.5) is 0 Å². The van der Waals surface area contributed by atoms with Gasteiger partial charge in [-0.3, -0.25) is 9.59 Å². The number of allylic oxidation sites excluding steroid dienone is 2. The number of hydrogen-bond acceptors (Lipinski definition) is 5. The molecule has 0 N–H and O–H groups in total. The molecule has 0 saturated heterocycles. The molecule has 0 amide bonds. The standard InChI is InChI=1S/C22H22N4O2/c1-15-6-8-16(9-7-15)20-10-11-22(28)26(25-20)14-18(27)12-21-23-13-17-4-2-3-5-19(17)24-21/h2-5,8,10-11,13,15H,6-7,9,12,14H2,1H3. The maximum absolute atomic E-state index is 12.5. The summed E-state index contributed by atoms with van der Waals surface area (Å²) in [5, 5.41) is 5.36. The van der Waals surface area contributed by atoms with Crippen molar-refractivity contribution in [3.05, 3.63) is 70.5 Å². The minimum Gasteiger partial charge on any atom is -0.297 e. The zero-order valence-electron chi connectivity index (χ0n) is 15.8. The van der Waals surface area contributed by atoms with Crippen molar-refractivity contribution >= 4 is 22.3 Å². The molecular weight excluding hydrogens is 352 g/mol. The van der Waals surface area contributed by atoms with E-state index in [1.807, 2.05) is 24.3 Å². The van der Waals surface area contributed by atoms with Gasteiger partial charge in [-0.15, -0.1) is 0 Å². The molecule has 0 saturated carbocycles. The van der Waals surface area contributed by atoms with Crippen molar-refractivity contribution in [3.63, 3.8) is 0 Å². The highest BCUT2D eigenvalue weighted by Crippen LogP contribution is 2.28. The molecule has 3 aromatic rings. The highest BCUT2D eigenvalue weighted by Gasteiger charge is 2.15. The van der Waals surface area contributed by atoms with Crippen molar-refractivity contribution in [2.24, 2.45) is 5.92 Å². The topological polar surface area (TPSA) is 77.7 Å². The summed E-state index contributed by atoms with van der Waals surface area (Å²) in [6.45, 7) is 2.15. The van der Waals surface area contributed by atoms with E-state index in [9.17, 15) is 9.59 Å². The number of nitrogens with zero attached hydrogens (tertiary/aromatic N) is 4. The minimum atomic E-state index is -0.277. The first kappa shape index (κ1) is 18.2. The van der Waals surface area contributed by atoms with Crippen LogP contribution in [0.2, 0.25) is 0 Å². The SMILES string of the molecule is CC1CC=C(c2ccc(=O)n(CC(=O)Cc3ncc4ccccc4n3)n2)CC1. The van der Waals surface area contributed by atoms with Gasteiger partial charge in [0.2, 0.25) is 0 Å². The monoisotopic (exact) mass is 374 g/mol. The van der Waals surface area contributed by atoms with Crippen LogP contribution in [0.5, 0.6) is 0 Å². The Labute approximate surface area is 163 Å². The van der Waals surface area contributed by atoms with Gasteiger partial charge in [0.25, 0.3) is 5.56 Å². The third-order valence-corrected chi connectivity index (χ3v) is 5.09. The molecule has 0 fully saturated rings. The van der Waals surface area contributed by atoms with Gasteiger partial charge in [0.15, 0.2) is 5.78 Å². The van der Waals surface area contributed by atoms with Gasteiger partial charge in [-0.05, 0) is 42.9 Å². The number of benzene rings is 1. The Balaban J connectivity index is 1.50. The van der Waals surface area contributed by atoms with Gasteiger partial charge in [0.05, 0.1) is 17.6 Å². The number of para-hydroxylation sites is 1. The zero-order chi connectivity index (χ0) is 19.5. The van der Waals surface area contributed by atoms with Gasteiger partial charge in [0, 0.05) is 17.6 Å². The van der Waals surface area contributed by atoms with E-state index in [0.29, 0.717) is 11.7 Å². The molecule has 142 valence electrons. The van der Waals surface area contributed by atoms with Crippen molar-refractivity contribution < 1.29 is 4.79 Å². The molecule has 0 spiro atoms. The largest absolute Gasteiger partial charge is 0.297 e. The van der Waals surface area contributed by atoms with E-state index >= 15 is 0 Å². The summed E-state index contributed by atoms with van der Waals surface area (Å²) in [4.78, 5) is 33.4. The van der Waals surface area contributed by atoms with Gasteiger partial charge in [0.1, 0.15) is 12.4 Å². The van der Waals surface area contributed by atoms with E-state index in [-0.39, 0.29) is 24.3 Å². The Morgan fingerprint density at radius 2 is 2.07 bits per heavy atom. The molecule has 2 aromatic heterocycles. The van der Waals surface area contributed by atoms with Crippen molar-refractivity contribution in [2.45, 2.75) is 39.2 Å². The third-order valence-electron chi connectivity index (χ3n) is 5.09. The molecule has 28 heavy (non-hydrogen) atoms. The fraction of sp³-hybridized carbons (Fsp3) is 0.318. The molecule has 1 aliphatic carbocycles. The average molecular weight is 374 g/mol. The third kappa shape index (κ3) is 4.06. The summed E-state index contributed by atoms with van der Waals surface area (Å²) in [6.07, 6.45) is 7.07. The highest BCUT2D eigenvalue weighted by molar-refractivity contribution is 5.81. The lowest BCUT2D eigenvalue weighted by molar-refractivity contribution is -0.119. The molecule has 0 radical (unpaired) electrons. The summed E-state index contributed by atoms with van der Waals surface area (Å²) in [6, 6.07) is 10.9. The van der Waals surface area contributed by atoms with Crippen LogP contribution < -0.4 is 5.56 Å². The number of carbonyl (C=O) groups excluding carboxylic acids is 1. The van der Waals surface area contributed by atoms with Crippen LogP contribution in [-0.2, 0) is 17.8 Å². The van der Waals surface area contributed by atoms with Crippen LogP contribution in [0.3, 0.4) is 0 Å². The fourth-order valence-corrected chi connectivity index (χ4v) is 3.43. The summed E-state index contributed by atoms with van der Waals surface area (Å²) in [5.74, 6) is 0.989. The van der Waals surface area contributed by atoms with Crippen molar-refractivity contribution in [2.75, 3.05) is 0 Å². The summed E-state index contributed by atoms with van der Waals surface area (Å²) < 4.78 is 1.25. The van der Waals surface area contributed by atoms with Gasteiger partial charge >= 0.3 is 0 Å². The molecular formula is C22H22N4O2. The lowest BCUT2D eigenvalue weighted by atomic mass is 9.90. The Hall–Kier alpha value is -3.15. The Morgan fingerprint density at radius 3 is 2.89 bits per heavy atom. The predicted molar refractivity (Wildman–Crippen MR) is 108 cm³/mol. The minimum absolute atomic E-state index is 0.0728. The second kappa shape index (κ2) is 7.84. The number of hydrogen-bond donors (Lipinski definition) is 0. The van der Waals surface area contributed by atoms with Crippen LogP contribution >= 0.6 is 0 Å². The highest BCUT2D eigenvalue weighted by atomic mass is 16.1. The fourth-order valence-electron chi connectivity index (χ4n) is 3.43. The smallest absolute Gasteiger partial charge is 0.267 e. The number of carbonyl (C=O) groups is 1. The maximum atomic E-state index is 12.5. The Morgan fingerprint density at radius 1 is 1.21 bits per heavy atom. The average Bonchev–Trinajstić information content (AvgIpc) is 2.70. The first-order chi connectivity index (χ1) is 13.6. The van der Waals surface area contributed by atoms with E-state index in [0.717, 1.165) is 41.4 Å². The molecule has 1 atom stereocenters. The molecule has 0 bridgehead atoms. The number of rotatable bonds is 5. The van der Waals surface area contributed by atoms with Crippen molar-refractivity contribution in [1.29, 1.82) is 0 Å². The molecule has 6 heteroatoms. The van der Waals surface area contributed by atoms with Crippen LogP contribution in [0.1, 0.15) is 37.7 Å². The second-order valence-electron chi connectivity index (χ2n) is 7.38. The van der Waals surface area contributed by atoms with Gasteiger partial charge in [-0.2, -0.15) is 5.10 Å². The molecule has 2 heterocycles. The van der Waals surface area contributed by atoms with Crippen LogP contribution in [0, 0.1) is 5.92 Å². The summed E-state index contributed by atoms with van der Waals surface area (Å²) >= 11 is 0. The molecule has 1 aromatic carbocycles. The summed E-state index contributed by atoms with van der Waals surface area (Å²) in [7, 11) is 0. The Bertz CT molecular complexity index is 1120. The van der Waals surface area contributed by atoms with Gasteiger partial charge in [-0.25, -0.2) is 14.6 Å². The number of aromatic nitrogens is 4. The molecule has 1 unspecified atom stereocenters. The van der Waals surface area contributed by atoms with Crippen molar-refractivity contribution in [3.8, 4) is 0 Å². The molecule has 0 aliphatic heterocycles. The molecule has 6 nitrogen and oxygen atoms in total. The van der Waals surface area contributed by atoms with E-state index in [1.165, 1.54) is 10.7 Å². The number of ketones is 1.